The molecule has 1 aromatic carbocycles. The van der Waals surface area contributed by atoms with Gasteiger partial charge in [-0.1, -0.05) is 35.5 Å². The number of pyridine rings is 1. The van der Waals surface area contributed by atoms with Gasteiger partial charge in [-0.05, 0) is 25.8 Å². The van der Waals surface area contributed by atoms with Crippen LogP contribution in [0.5, 0.6) is 0 Å². The molecule has 1 aliphatic carbocycles. The van der Waals surface area contributed by atoms with Crippen LogP contribution >= 0.6 is 0 Å². The standard InChI is InChI=1S/C24H25N5O4/c1-15(23-26-21(27-33-23)16-6-3-2-4-7-16)28-10-12-29(13-11-28)24(32)18-14-17-19(25-22(18)31)8-5-9-20(17)30/h2-4,6-7,14-15H,5,8-13H2,1H3,(H,25,31). The van der Waals surface area contributed by atoms with Crippen molar-refractivity contribution in [1.82, 2.24) is 24.9 Å². The maximum Gasteiger partial charge on any atom is 0.261 e. The predicted octanol–water partition coefficient (Wildman–Crippen LogP) is 2.46. The van der Waals surface area contributed by atoms with E-state index in [1.807, 2.05) is 37.3 Å². The molecule has 1 unspecified atom stereocenters. The number of fused-ring (bicyclic) bond motifs is 1. The van der Waals surface area contributed by atoms with E-state index in [9.17, 15) is 14.4 Å². The van der Waals surface area contributed by atoms with Crippen LogP contribution in [-0.4, -0.2) is 62.8 Å². The molecule has 1 atom stereocenters. The van der Waals surface area contributed by atoms with E-state index in [0.717, 1.165) is 12.0 Å². The summed E-state index contributed by atoms with van der Waals surface area (Å²) in [5.41, 5.74) is 1.62. The maximum atomic E-state index is 13.1. The molecule has 5 rings (SSSR count). The van der Waals surface area contributed by atoms with Crippen LogP contribution in [0.2, 0.25) is 0 Å². The van der Waals surface area contributed by atoms with E-state index in [1.165, 1.54) is 6.07 Å². The topological polar surface area (TPSA) is 112 Å². The van der Waals surface area contributed by atoms with E-state index >= 15 is 0 Å². The van der Waals surface area contributed by atoms with Crippen LogP contribution in [-0.2, 0) is 6.42 Å². The number of ketones is 1. The minimum absolute atomic E-state index is 0.0189. The highest BCUT2D eigenvalue weighted by molar-refractivity contribution is 6.01. The van der Waals surface area contributed by atoms with Crippen LogP contribution in [0, 0.1) is 0 Å². The van der Waals surface area contributed by atoms with Crippen molar-refractivity contribution in [3.05, 3.63) is 69.5 Å². The molecule has 0 spiro atoms. The summed E-state index contributed by atoms with van der Waals surface area (Å²) in [4.78, 5) is 48.9. The van der Waals surface area contributed by atoms with Crippen LogP contribution < -0.4 is 5.56 Å². The zero-order chi connectivity index (χ0) is 22.9. The molecule has 2 aromatic heterocycles. The van der Waals surface area contributed by atoms with E-state index < -0.39 is 5.56 Å². The third-order valence-corrected chi connectivity index (χ3v) is 6.46. The Morgan fingerprint density at radius 2 is 1.85 bits per heavy atom. The lowest BCUT2D eigenvalue weighted by atomic mass is 9.93. The number of aromatic nitrogens is 3. The van der Waals surface area contributed by atoms with Gasteiger partial charge in [0.15, 0.2) is 5.78 Å². The highest BCUT2D eigenvalue weighted by atomic mass is 16.5. The second-order valence-electron chi connectivity index (χ2n) is 8.51. The first-order valence-electron chi connectivity index (χ1n) is 11.2. The average molecular weight is 447 g/mol. The number of hydrogen-bond acceptors (Lipinski definition) is 7. The highest BCUT2D eigenvalue weighted by Crippen LogP contribution is 2.24. The fourth-order valence-electron chi connectivity index (χ4n) is 4.48. The average Bonchev–Trinajstić information content (AvgIpc) is 3.34. The van der Waals surface area contributed by atoms with E-state index in [2.05, 4.69) is 20.0 Å². The van der Waals surface area contributed by atoms with Gasteiger partial charge in [0.1, 0.15) is 5.56 Å². The number of hydrogen-bond donors (Lipinski definition) is 1. The Balaban J connectivity index is 1.25. The summed E-state index contributed by atoms with van der Waals surface area (Å²) >= 11 is 0. The Bertz CT molecular complexity index is 1240. The van der Waals surface area contributed by atoms with Crippen LogP contribution in [0.4, 0.5) is 0 Å². The van der Waals surface area contributed by atoms with Crippen LogP contribution in [0.25, 0.3) is 11.4 Å². The molecule has 9 nitrogen and oxygen atoms in total. The van der Waals surface area contributed by atoms with E-state index in [0.29, 0.717) is 62.0 Å². The number of aryl methyl sites for hydroxylation is 1. The smallest absolute Gasteiger partial charge is 0.261 e. The summed E-state index contributed by atoms with van der Waals surface area (Å²) in [6.45, 7) is 4.15. The molecule has 0 bridgehead atoms. The second-order valence-corrected chi connectivity index (χ2v) is 8.51. The SMILES string of the molecule is CC(c1nc(-c2ccccc2)no1)N1CCN(C(=O)c2cc3c([nH]c2=O)CCCC3=O)CC1. The third-order valence-electron chi connectivity index (χ3n) is 6.46. The zero-order valence-corrected chi connectivity index (χ0v) is 18.4. The molecular weight excluding hydrogens is 422 g/mol. The molecule has 1 amide bonds. The molecule has 1 fully saturated rings. The number of carbonyl (C=O) groups is 2. The summed E-state index contributed by atoms with van der Waals surface area (Å²) < 4.78 is 5.50. The summed E-state index contributed by atoms with van der Waals surface area (Å²) in [7, 11) is 0. The number of benzene rings is 1. The van der Waals surface area contributed by atoms with Gasteiger partial charge in [0.25, 0.3) is 11.5 Å². The number of rotatable bonds is 4. The molecule has 2 aliphatic rings. The monoisotopic (exact) mass is 447 g/mol. The quantitative estimate of drug-likeness (QED) is 0.654. The van der Waals surface area contributed by atoms with Gasteiger partial charge in [0, 0.05) is 49.4 Å². The number of nitrogens with zero attached hydrogens (tertiary/aromatic N) is 4. The number of Topliss-reactive ketones (excluding diaryl/α,β-unsaturated/α-hetero) is 1. The van der Waals surface area contributed by atoms with Gasteiger partial charge in [-0.2, -0.15) is 4.98 Å². The summed E-state index contributed by atoms with van der Waals surface area (Å²) in [5, 5.41) is 4.09. The Kier molecular flexibility index (Phi) is 5.63. The van der Waals surface area contributed by atoms with E-state index in [4.69, 9.17) is 4.52 Å². The van der Waals surface area contributed by atoms with Gasteiger partial charge >= 0.3 is 0 Å². The fourth-order valence-corrected chi connectivity index (χ4v) is 4.48. The minimum atomic E-state index is -0.427. The van der Waals surface area contributed by atoms with Crippen molar-refractivity contribution in [2.75, 3.05) is 26.2 Å². The summed E-state index contributed by atoms with van der Waals surface area (Å²) in [6, 6.07) is 11.0. The Morgan fingerprint density at radius 3 is 2.61 bits per heavy atom. The first kappa shape index (κ1) is 21.3. The van der Waals surface area contributed by atoms with Gasteiger partial charge in [-0.25, -0.2) is 0 Å². The van der Waals surface area contributed by atoms with Crippen molar-refractivity contribution in [2.24, 2.45) is 0 Å². The molecule has 0 saturated carbocycles. The normalized spacial score (nSPS) is 17.6. The summed E-state index contributed by atoms with van der Waals surface area (Å²) in [6.07, 6.45) is 1.83. The molecule has 9 heteroatoms. The van der Waals surface area contributed by atoms with E-state index in [-0.39, 0.29) is 23.3 Å². The molecule has 0 radical (unpaired) electrons. The predicted molar refractivity (Wildman–Crippen MR) is 120 cm³/mol. The molecular formula is C24H25N5O4. The lowest BCUT2D eigenvalue weighted by Crippen LogP contribution is -2.50. The van der Waals surface area contributed by atoms with Crippen LogP contribution in [0.3, 0.4) is 0 Å². The molecule has 1 aliphatic heterocycles. The third kappa shape index (κ3) is 4.11. The first-order chi connectivity index (χ1) is 16.0. The molecule has 33 heavy (non-hydrogen) atoms. The number of carbonyl (C=O) groups excluding carboxylic acids is 2. The van der Waals surface area contributed by atoms with Crippen molar-refractivity contribution in [3.8, 4) is 11.4 Å². The maximum absolute atomic E-state index is 13.1. The van der Waals surface area contributed by atoms with Crippen molar-refractivity contribution in [1.29, 1.82) is 0 Å². The first-order valence-corrected chi connectivity index (χ1v) is 11.2. The summed E-state index contributed by atoms with van der Waals surface area (Å²) in [5.74, 6) is 0.717. The largest absolute Gasteiger partial charge is 0.337 e. The van der Waals surface area contributed by atoms with Crippen molar-refractivity contribution in [3.63, 3.8) is 0 Å². The lowest BCUT2D eigenvalue weighted by Gasteiger charge is -2.36. The number of aromatic amines is 1. The van der Waals surface area contributed by atoms with Crippen molar-refractivity contribution in [2.45, 2.75) is 32.2 Å². The minimum Gasteiger partial charge on any atom is -0.337 e. The van der Waals surface area contributed by atoms with E-state index in [1.54, 1.807) is 4.90 Å². The number of nitrogens with one attached hydrogen (secondary N) is 1. The Hall–Kier alpha value is -3.59. The number of amides is 1. The molecule has 3 aromatic rings. The Morgan fingerprint density at radius 1 is 1.09 bits per heavy atom. The van der Waals surface area contributed by atoms with Gasteiger partial charge in [-0.15, -0.1) is 0 Å². The molecule has 1 saturated heterocycles. The second kappa shape index (κ2) is 8.74. The molecule has 1 N–H and O–H groups in total. The number of piperazine rings is 1. The van der Waals surface area contributed by atoms with Gasteiger partial charge < -0.3 is 14.4 Å². The van der Waals surface area contributed by atoms with Crippen LogP contribution in [0.15, 0.2) is 45.7 Å². The number of H-pyrrole nitrogens is 1. The lowest BCUT2D eigenvalue weighted by molar-refractivity contribution is 0.0550. The zero-order valence-electron chi connectivity index (χ0n) is 18.4. The van der Waals surface area contributed by atoms with Gasteiger partial charge in [-0.3, -0.25) is 19.3 Å². The fraction of sp³-hybridized carbons (Fsp3) is 0.375. The molecule has 170 valence electrons. The highest BCUT2D eigenvalue weighted by Gasteiger charge is 2.30. The van der Waals surface area contributed by atoms with Crippen molar-refractivity contribution >= 4 is 11.7 Å². The molecule has 3 heterocycles. The van der Waals surface area contributed by atoms with Crippen molar-refractivity contribution < 1.29 is 14.1 Å². The van der Waals surface area contributed by atoms with Gasteiger partial charge in [0.2, 0.25) is 11.7 Å². The van der Waals surface area contributed by atoms with Crippen LogP contribution in [0.1, 0.15) is 58.1 Å². The van der Waals surface area contributed by atoms with Gasteiger partial charge in [0.05, 0.1) is 6.04 Å². The Labute approximate surface area is 190 Å².